The lowest BCUT2D eigenvalue weighted by atomic mass is 10.1. The molecule has 1 aromatic heterocycles. The second kappa shape index (κ2) is 9.09. The Bertz CT molecular complexity index is 1090. The zero-order chi connectivity index (χ0) is 21.8. The molecule has 3 rings (SSSR count). The minimum Gasteiger partial charge on any atom is -0.444 e. The predicted octanol–water partition coefficient (Wildman–Crippen LogP) is 5.23. The number of hydrogen-bond acceptors (Lipinski definition) is 3. The number of halogens is 2. The Balaban J connectivity index is 0.000000321. The first-order valence-corrected chi connectivity index (χ1v) is 9.49. The fourth-order valence-electron chi connectivity index (χ4n) is 2.83. The van der Waals surface area contributed by atoms with Crippen LogP contribution in [-0.2, 0) is 11.2 Å². The van der Waals surface area contributed by atoms with Crippen LogP contribution in [0.3, 0.4) is 0 Å². The first kappa shape index (κ1) is 22.4. The van der Waals surface area contributed by atoms with Gasteiger partial charge in [0.25, 0.3) is 5.56 Å². The summed E-state index contributed by atoms with van der Waals surface area (Å²) in [6.07, 6.45) is -0.0636. The Labute approximate surface area is 173 Å². The van der Waals surface area contributed by atoms with E-state index < -0.39 is 11.7 Å². The Morgan fingerprint density at radius 3 is 2.34 bits per heavy atom. The average molecular weight is 419 g/mol. The molecule has 0 spiro atoms. The quantitative estimate of drug-likeness (QED) is 0.619. The van der Waals surface area contributed by atoms with E-state index >= 15 is 0 Å². The maximum absolute atomic E-state index is 13.5. The number of benzene rings is 2. The van der Waals surface area contributed by atoms with E-state index in [1.54, 1.807) is 39.0 Å². The number of nitrogens with zero attached hydrogens (tertiary/aromatic N) is 1. The van der Waals surface area contributed by atoms with Crippen LogP contribution < -0.4 is 11.3 Å². The number of fused-ring (bicyclic) bond motifs is 1. The van der Waals surface area contributed by atoms with Crippen LogP contribution in [0, 0.1) is 5.82 Å². The molecule has 0 unspecified atom stereocenters. The number of carbonyl (C=O) groups excluding carboxylic acids is 1. The number of pyridine rings is 1. The van der Waals surface area contributed by atoms with Crippen LogP contribution in [0.5, 0.6) is 0 Å². The summed E-state index contributed by atoms with van der Waals surface area (Å²) >= 11 is 6.16. The SMILES string of the molecule is CC(C)(C)OC(N)=O.CCc1cc2cccc(Cl)c2c(=O)n1-c1cccc(F)c1. The number of hydrogen-bond donors (Lipinski definition) is 1. The topological polar surface area (TPSA) is 74.3 Å². The second-order valence-corrected chi connectivity index (χ2v) is 7.75. The largest absolute Gasteiger partial charge is 0.444 e. The molecule has 2 N–H and O–H groups in total. The van der Waals surface area contributed by atoms with E-state index in [4.69, 9.17) is 17.3 Å². The van der Waals surface area contributed by atoms with Gasteiger partial charge in [-0.3, -0.25) is 9.36 Å². The van der Waals surface area contributed by atoms with Crippen LogP contribution in [0.2, 0.25) is 5.02 Å². The van der Waals surface area contributed by atoms with Crippen LogP contribution in [0.25, 0.3) is 16.5 Å². The minimum absolute atomic E-state index is 0.222. The van der Waals surface area contributed by atoms with Crippen LogP contribution in [-0.4, -0.2) is 16.3 Å². The summed E-state index contributed by atoms with van der Waals surface area (Å²) in [5.74, 6) is -0.374. The van der Waals surface area contributed by atoms with Gasteiger partial charge in [-0.05, 0) is 62.9 Å². The lowest BCUT2D eigenvalue weighted by Gasteiger charge is -2.16. The highest BCUT2D eigenvalue weighted by atomic mass is 35.5. The van der Waals surface area contributed by atoms with Crippen molar-refractivity contribution in [2.45, 2.75) is 39.7 Å². The highest BCUT2D eigenvalue weighted by Gasteiger charge is 2.13. The number of ether oxygens (including phenoxy) is 1. The van der Waals surface area contributed by atoms with Gasteiger partial charge in [-0.25, -0.2) is 9.18 Å². The second-order valence-electron chi connectivity index (χ2n) is 7.35. The molecule has 2 aromatic carbocycles. The van der Waals surface area contributed by atoms with Crippen molar-refractivity contribution in [3.63, 3.8) is 0 Å². The van der Waals surface area contributed by atoms with Crippen molar-refractivity contribution in [2.75, 3.05) is 0 Å². The number of primary amides is 1. The van der Waals surface area contributed by atoms with Crippen molar-refractivity contribution < 1.29 is 13.9 Å². The molecule has 3 aromatic rings. The van der Waals surface area contributed by atoms with Crippen molar-refractivity contribution in [3.8, 4) is 5.69 Å². The number of aromatic nitrogens is 1. The van der Waals surface area contributed by atoms with E-state index in [0.29, 0.717) is 22.5 Å². The van der Waals surface area contributed by atoms with Gasteiger partial charge < -0.3 is 10.5 Å². The monoisotopic (exact) mass is 418 g/mol. The Hall–Kier alpha value is -2.86. The van der Waals surface area contributed by atoms with Crippen molar-refractivity contribution in [1.29, 1.82) is 0 Å². The first-order valence-electron chi connectivity index (χ1n) is 9.11. The van der Waals surface area contributed by atoms with Gasteiger partial charge in [0.05, 0.1) is 16.1 Å². The highest BCUT2D eigenvalue weighted by molar-refractivity contribution is 6.35. The summed E-state index contributed by atoms with van der Waals surface area (Å²) < 4.78 is 19.6. The lowest BCUT2D eigenvalue weighted by Crippen LogP contribution is -2.27. The minimum atomic E-state index is -0.725. The smallest absolute Gasteiger partial charge is 0.405 e. The molecule has 0 saturated heterocycles. The highest BCUT2D eigenvalue weighted by Crippen LogP contribution is 2.23. The molecule has 0 fully saturated rings. The zero-order valence-corrected chi connectivity index (χ0v) is 17.6. The van der Waals surface area contributed by atoms with Crippen LogP contribution in [0.4, 0.5) is 9.18 Å². The number of carbonyl (C=O) groups is 1. The molecule has 0 aliphatic rings. The summed E-state index contributed by atoms with van der Waals surface area (Å²) in [5.41, 5.74) is 5.38. The van der Waals surface area contributed by atoms with Gasteiger partial charge in [0.1, 0.15) is 11.4 Å². The number of rotatable bonds is 2. The summed E-state index contributed by atoms with van der Waals surface area (Å²) in [6, 6.07) is 13.3. The molecule has 0 aliphatic heterocycles. The summed E-state index contributed by atoms with van der Waals surface area (Å²) in [6.45, 7) is 7.24. The lowest BCUT2D eigenvalue weighted by molar-refractivity contribution is 0.0600. The van der Waals surface area contributed by atoms with Gasteiger partial charge in [0, 0.05) is 5.69 Å². The summed E-state index contributed by atoms with van der Waals surface area (Å²) in [4.78, 5) is 22.8. The third-order valence-corrected chi connectivity index (χ3v) is 4.22. The van der Waals surface area contributed by atoms with Gasteiger partial charge in [-0.2, -0.15) is 0 Å². The standard InChI is InChI=1S/C17H13ClFNO.C5H11NO2/c1-2-13-9-11-5-3-8-15(18)16(11)17(21)20(13)14-7-4-6-12(19)10-14;1-5(2,3)8-4(6)7/h3-10H,2H2,1H3;1-3H3,(H2,6,7). The average Bonchev–Trinajstić information content (AvgIpc) is 2.59. The molecule has 7 heteroatoms. The van der Waals surface area contributed by atoms with Crippen molar-refractivity contribution >= 4 is 28.5 Å². The van der Waals surface area contributed by atoms with Gasteiger partial charge in [0.15, 0.2) is 0 Å². The van der Waals surface area contributed by atoms with E-state index in [1.165, 1.54) is 16.7 Å². The maximum atomic E-state index is 13.5. The van der Waals surface area contributed by atoms with Crippen molar-refractivity contribution in [2.24, 2.45) is 5.73 Å². The van der Waals surface area contributed by atoms with Gasteiger partial charge in [-0.15, -0.1) is 0 Å². The van der Waals surface area contributed by atoms with E-state index in [-0.39, 0.29) is 11.4 Å². The fraction of sp³-hybridized carbons (Fsp3) is 0.273. The van der Waals surface area contributed by atoms with Gasteiger partial charge in [0.2, 0.25) is 0 Å². The third kappa shape index (κ3) is 5.81. The number of amides is 1. The van der Waals surface area contributed by atoms with E-state index in [9.17, 15) is 14.0 Å². The van der Waals surface area contributed by atoms with E-state index in [2.05, 4.69) is 4.74 Å². The van der Waals surface area contributed by atoms with Gasteiger partial charge in [-0.1, -0.05) is 36.7 Å². The molecule has 0 bridgehead atoms. The van der Waals surface area contributed by atoms with Crippen molar-refractivity contribution in [3.05, 3.63) is 75.4 Å². The van der Waals surface area contributed by atoms with Crippen LogP contribution in [0.1, 0.15) is 33.4 Å². The first-order chi connectivity index (χ1) is 13.5. The molecule has 1 heterocycles. The summed E-state index contributed by atoms with van der Waals surface area (Å²) in [7, 11) is 0. The van der Waals surface area contributed by atoms with E-state index in [1.807, 2.05) is 25.1 Å². The van der Waals surface area contributed by atoms with Crippen LogP contribution in [0.15, 0.2) is 53.3 Å². The maximum Gasteiger partial charge on any atom is 0.405 e. The molecule has 0 aliphatic carbocycles. The van der Waals surface area contributed by atoms with E-state index in [0.717, 1.165) is 11.1 Å². The van der Waals surface area contributed by atoms with Crippen molar-refractivity contribution in [1.82, 2.24) is 4.57 Å². The molecule has 154 valence electrons. The molecular weight excluding hydrogens is 395 g/mol. The molecule has 0 atom stereocenters. The molecular formula is C22H24ClFN2O3. The molecule has 1 amide bonds. The normalized spacial score (nSPS) is 11.0. The molecule has 5 nitrogen and oxygen atoms in total. The Morgan fingerprint density at radius 2 is 1.83 bits per heavy atom. The fourth-order valence-corrected chi connectivity index (χ4v) is 3.10. The van der Waals surface area contributed by atoms with Gasteiger partial charge >= 0.3 is 6.09 Å². The Kier molecular flexibility index (Phi) is 7.03. The Morgan fingerprint density at radius 1 is 1.17 bits per heavy atom. The number of aryl methyl sites for hydroxylation is 1. The third-order valence-electron chi connectivity index (χ3n) is 3.91. The molecule has 0 saturated carbocycles. The zero-order valence-electron chi connectivity index (χ0n) is 16.8. The summed E-state index contributed by atoms with van der Waals surface area (Å²) in [5, 5.41) is 1.67. The van der Waals surface area contributed by atoms with Crippen LogP contribution >= 0.6 is 11.6 Å². The molecule has 29 heavy (non-hydrogen) atoms. The molecule has 0 radical (unpaired) electrons. The predicted molar refractivity (Wildman–Crippen MR) is 114 cm³/mol. The number of nitrogens with two attached hydrogens (primary N) is 1.